The Kier molecular flexibility index (Phi) is 8.71. The lowest BCUT2D eigenvalue weighted by Gasteiger charge is -2.23. The highest BCUT2D eigenvalue weighted by Gasteiger charge is 2.31. The molecule has 0 spiro atoms. The summed E-state index contributed by atoms with van der Waals surface area (Å²) in [7, 11) is -3.52. The molecule has 14 heteroatoms. The molecule has 2 aromatic heterocycles. The molecule has 1 aliphatic heterocycles. The fourth-order valence-corrected chi connectivity index (χ4v) is 5.90. The van der Waals surface area contributed by atoms with Crippen molar-refractivity contribution >= 4 is 32.6 Å². The van der Waals surface area contributed by atoms with E-state index in [1.54, 1.807) is 43.6 Å². The molecule has 1 atom stereocenters. The second kappa shape index (κ2) is 12.3. The quantitative estimate of drug-likeness (QED) is 0.219. The van der Waals surface area contributed by atoms with Crippen molar-refractivity contribution in [1.82, 2.24) is 24.6 Å². The third-order valence-electron chi connectivity index (χ3n) is 6.97. The van der Waals surface area contributed by atoms with Gasteiger partial charge in [-0.1, -0.05) is 12.1 Å². The monoisotopic (exact) mass is 615 g/mol. The van der Waals surface area contributed by atoms with E-state index in [4.69, 9.17) is 4.74 Å². The molecule has 43 heavy (non-hydrogen) atoms. The largest absolute Gasteiger partial charge is 0.437 e. The van der Waals surface area contributed by atoms with E-state index in [1.807, 2.05) is 0 Å². The molecule has 0 saturated carbocycles. The standard InChI is InChI=1S/C29H32F3N7O3S/c1-18-8-9-20-21(10-11-23(30)25(20)38-43(40,41)39(3)17-29(2,31)32)26(18)42-27-22(7-5-14-34-27)24-12-15-35-28(37-24)36-19-6-4-13-33-16-19/h5,7-12,14-15,19,33,38H,4,6,13,16-17H2,1-3H3,(H,35,36,37)/t19-/m0/s1. The number of pyridine rings is 1. The predicted molar refractivity (Wildman–Crippen MR) is 159 cm³/mol. The minimum absolute atomic E-state index is 0.174. The summed E-state index contributed by atoms with van der Waals surface area (Å²) < 4.78 is 76.6. The maximum absolute atomic E-state index is 15.0. The molecule has 0 amide bonds. The van der Waals surface area contributed by atoms with E-state index in [1.165, 1.54) is 12.1 Å². The molecule has 3 heterocycles. The molecular weight excluding hydrogens is 583 g/mol. The highest BCUT2D eigenvalue weighted by Crippen LogP contribution is 2.40. The van der Waals surface area contributed by atoms with E-state index < -0.39 is 34.2 Å². The van der Waals surface area contributed by atoms with Gasteiger partial charge in [0.1, 0.15) is 11.6 Å². The Hall–Kier alpha value is -4.01. The highest BCUT2D eigenvalue weighted by atomic mass is 32.2. The lowest BCUT2D eigenvalue weighted by molar-refractivity contribution is 0.00837. The Bertz CT molecular complexity index is 1730. The van der Waals surface area contributed by atoms with Gasteiger partial charge in [0.2, 0.25) is 11.8 Å². The Balaban J connectivity index is 1.49. The Morgan fingerprint density at radius 2 is 1.91 bits per heavy atom. The van der Waals surface area contributed by atoms with Gasteiger partial charge in [-0.2, -0.15) is 12.7 Å². The van der Waals surface area contributed by atoms with Crippen molar-refractivity contribution < 1.29 is 26.3 Å². The number of aromatic nitrogens is 3. The average molecular weight is 616 g/mol. The van der Waals surface area contributed by atoms with E-state index in [0.717, 1.165) is 39.0 Å². The summed E-state index contributed by atoms with van der Waals surface area (Å²) in [6.45, 7) is 3.10. The van der Waals surface area contributed by atoms with Gasteiger partial charge < -0.3 is 15.4 Å². The molecule has 1 fully saturated rings. The normalized spacial score (nSPS) is 15.9. The number of halogens is 3. The zero-order chi connectivity index (χ0) is 30.8. The minimum Gasteiger partial charge on any atom is -0.437 e. The smallest absolute Gasteiger partial charge is 0.301 e. The first-order chi connectivity index (χ1) is 20.4. The molecule has 1 saturated heterocycles. The molecule has 1 aliphatic rings. The van der Waals surface area contributed by atoms with E-state index in [2.05, 4.69) is 30.3 Å². The van der Waals surface area contributed by atoms with Crippen molar-refractivity contribution in [2.75, 3.05) is 36.7 Å². The second-order valence-corrected chi connectivity index (χ2v) is 12.4. The number of ether oxygens (including phenoxy) is 1. The molecule has 228 valence electrons. The minimum atomic E-state index is -4.51. The van der Waals surface area contributed by atoms with Crippen molar-refractivity contribution in [2.45, 2.75) is 38.7 Å². The molecule has 0 bridgehead atoms. The van der Waals surface area contributed by atoms with Gasteiger partial charge in [-0.3, -0.25) is 4.72 Å². The van der Waals surface area contributed by atoms with E-state index in [9.17, 15) is 17.2 Å². The van der Waals surface area contributed by atoms with Crippen LogP contribution in [0.25, 0.3) is 22.0 Å². The molecule has 2 aromatic carbocycles. The summed E-state index contributed by atoms with van der Waals surface area (Å²) in [5.41, 5.74) is 1.43. The van der Waals surface area contributed by atoms with Gasteiger partial charge in [0, 0.05) is 49.7 Å². The van der Waals surface area contributed by atoms with Crippen LogP contribution in [0.15, 0.2) is 54.9 Å². The molecule has 10 nitrogen and oxygen atoms in total. The van der Waals surface area contributed by atoms with Crippen LogP contribution in [-0.4, -0.2) is 66.3 Å². The number of rotatable bonds is 10. The zero-order valence-corrected chi connectivity index (χ0v) is 24.7. The van der Waals surface area contributed by atoms with Gasteiger partial charge in [0.05, 0.1) is 23.5 Å². The molecule has 0 aliphatic carbocycles. The molecule has 3 N–H and O–H groups in total. The fraction of sp³-hybridized carbons (Fsp3) is 0.345. The second-order valence-electron chi connectivity index (χ2n) is 10.6. The number of fused-ring (bicyclic) bond motifs is 1. The number of piperidine rings is 1. The Labute approximate surface area is 247 Å². The van der Waals surface area contributed by atoms with E-state index >= 15 is 4.39 Å². The number of hydrogen-bond donors (Lipinski definition) is 3. The summed E-state index contributed by atoms with van der Waals surface area (Å²) >= 11 is 0. The fourth-order valence-electron chi connectivity index (χ4n) is 4.88. The molecule has 5 rings (SSSR count). The lowest BCUT2D eigenvalue weighted by Crippen LogP contribution is -2.39. The molecular formula is C29H32F3N7O3S. The summed E-state index contributed by atoms with van der Waals surface area (Å²) in [5, 5.41) is 7.27. The van der Waals surface area contributed by atoms with Gasteiger partial charge in [-0.05, 0) is 62.2 Å². The summed E-state index contributed by atoms with van der Waals surface area (Å²) in [4.78, 5) is 13.5. The van der Waals surface area contributed by atoms with Crippen LogP contribution < -0.4 is 20.1 Å². The van der Waals surface area contributed by atoms with Crippen LogP contribution in [0.2, 0.25) is 0 Å². The maximum Gasteiger partial charge on any atom is 0.301 e. The maximum atomic E-state index is 15.0. The lowest BCUT2D eigenvalue weighted by atomic mass is 10.0. The Morgan fingerprint density at radius 3 is 2.65 bits per heavy atom. The number of anilines is 2. The van der Waals surface area contributed by atoms with Gasteiger partial charge >= 0.3 is 10.2 Å². The number of aryl methyl sites for hydroxylation is 1. The first kappa shape index (κ1) is 30.4. The van der Waals surface area contributed by atoms with Crippen LogP contribution >= 0.6 is 0 Å². The predicted octanol–water partition coefficient (Wildman–Crippen LogP) is 5.34. The third-order valence-corrected chi connectivity index (χ3v) is 8.38. The number of alkyl halides is 2. The van der Waals surface area contributed by atoms with Crippen LogP contribution in [0.5, 0.6) is 11.6 Å². The molecule has 4 aromatic rings. The van der Waals surface area contributed by atoms with Crippen LogP contribution in [0, 0.1) is 12.7 Å². The van der Waals surface area contributed by atoms with Gasteiger partial charge in [-0.25, -0.2) is 28.1 Å². The van der Waals surface area contributed by atoms with Crippen molar-refractivity contribution in [2.24, 2.45) is 0 Å². The summed E-state index contributed by atoms with van der Waals surface area (Å²) in [6, 6.07) is 11.2. The SMILES string of the molecule is Cc1ccc2c(NS(=O)(=O)N(C)CC(C)(F)F)c(F)ccc2c1Oc1ncccc1-c1ccnc(N[C@H]2CCCNC2)n1. The molecule has 0 unspecified atom stereocenters. The number of nitrogens with one attached hydrogen (secondary N) is 3. The number of benzene rings is 2. The first-order valence-corrected chi connectivity index (χ1v) is 15.1. The summed E-state index contributed by atoms with van der Waals surface area (Å²) in [5.74, 6) is -3.16. The van der Waals surface area contributed by atoms with Crippen LogP contribution in [0.1, 0.15) is 25.3 Å². The number of hydrogen-bond acceptors (Lipinski definition) is 8. The zero-order valence-electron chi connectivity index (χ0n) is 23.9. The van der Waals surface area contributed by atoms with Gasteiger partial charge in [0.15, 0.2) is 0 Å². The van der Waals surface area contributed by atoms with E-state index in [0.29, 0.717) is 45.1 Å². The van der Waals surface area contributed by atoms with Crippen molar-refractivity contribution in [3.63, 3.8) is 0 Å². The van der Waals surface area contributed by atoms with Crippen molar-refractivity contribution in [3.05, 3.63) is 66.2 Å². The van der Waals surface area contributed by atoms with E-state index in [-0.39, 0.29) is 17.3 Å². The molecule has 0 radical (unpaired) electrons. The average Bonchev–Trinajstić information content (AvgIpc) is 2.96. The van der Waals surface area contributed by atoms with Gasteiger partial charge in [-0.15, -0.1) is 0 Å². The topological polar surface area (TPSA) is 121 Å². The summed E-state index contributed by atoms with van der Waals surface area (Å²) in [6.07, 6.45) is 5.27. The van der Waals surface area contributed by atoms with Crippen LogP contribution in [0.3, 0.4) is 0 Å². The van der Waals surface area contributed by atoms with Crippen LogP contribution in [0.4, 0.5) is 24.8 Å². The first-order valence-electron chi connectivity index (χ1n) is 13.7. The number of nitrogens with zero attached hydrogens (tertiary/aromatic N) is 4. The van der Waals surface area contributed by atoms with Crippen molar-refractivity contribution in [1.29, 1.82) is 0 Å². The van der Waals surface area contributed by atoms with Gasteiger partial charge in [0.25, 0.3) is 5.92 Å². The third kappa shape index (κ3) is 7.14. The highest BCUT2D eigenvalue weighted by molar-refractivity contribution is 7.90. The Morgan fingerprint density at radius 1 is 1.12 bits per heavy atom. The van der Waals surface area contributed by atoms with Crippen molar-refractivity contribution in [3.8, 4) is 22.9 Å². The van der Waals surface area contributed by atoms with Crippen LogP contribution in [-0.2, 0) is 10.2 Å².